The Hall–Kier alpha value is -3.75. The molecule has 0 bridgehead atoms. The van der Waals surface area contributed by atoms with E-state index in [2.05, 4.69) is 15.5 Å². The van der Waals surface area contributed by atoms with Gasteiger partial charge in [0, 0.05) is 18.7 Å². The van der Waals surface area contributed by atoms with Crippen molar-refractivity contribution >= 4 is 23.5 Å². The second kappa shape index (κ2) is 8.09. The number of hydrogen-bond acceptors (Lipinski definition) is 6. The van der Waals surface area contributed by atoms with E-state index in [0.717, 1.165) is 5.69 Å². The molecule has 148 valence electrons. The topological polar surface area (TPSA) is 97.6 Å². The van der Waals surface area contributed by atoms with Crippen LogP contribution in [-0.4, -0.2) is 35.2 Å². The highest BCUT2D eigenvalue weighted by atomic mass is 19.1. The Morgan fingerprint density at radius 3 is 2.72 bits per heavy atom. The lowest BCUT2D eigenvalue weighted by atomic mass is 10.1. The van der Waals surface area contributed by atoms with Crippen molar-refractivity contribution in [2.45, 2.75) is 12.3 Å². The second-order valence-electron chi connectivity index (χ2n) is 6.45. The summed E-state index contributed by atoms with van der Waals surface area (Å²) < 4.78 is 24.1. The van der Waals surface area contributed by atoms with Crippen LogP contribution >= 0.6 is 0 Å². The molecule has 2 amide bonds. The number of anilines is 2. The average Bonchev–Trinajstić information content (AvgIpc) is 3.34. The molecule has 1 aliphatic heterocycles. The Kier molecular flexibility index (Phi) is 5.19. The fourth-order valence-electron chi connectivity index (χ4n) is 3.04. The van der Waals surface area contributed by atoms with Crippen LogP contribution in [0.1, 0.15) is 18.2 Å². The van der Waals surface area contributed by atoms with E-state index in [1.807, 2.05) is 30.3 Å². The molecule has 29 heavy (non-hydrogen) atoms. The molecule has 1 N–H and O–H groups in total. The Balaban J connectivity index is 1.34. The summed E-state index contributed by atoms with van der Waals surface area (Å²) in [5, 5.41) is 10.1. The predicted molar refractivity (Wildman–Crippen MR) is 101 cm³/mol. The Morgan fingerprint density at radius 2 is 1.93 bits per heavy atom. The number of amides is 2. The molecule has 1 fully saturated rings. The lowest BCUT2D eigenvalue weighted by Crippen LogP contribution is -2.24. The molecule has 2 heterocycles. The molecule has 8 nitrogen and oxygen atoms in total. The monoisotopic (exact) mass is 396 g/mol. The third-order valence-electron chi connectivity index (χ3n) is 4.42. The fraction of sp³-hybridized carbons (Fsp3) is 0.200. The van der Waals surface area contributed by atoms with Crippen LogP contribution in [0.25, 0.3) is 0 Å². The zero-order valence-electron chi connectivity index (χ0n) is 15.2. The maximum atomic E-state index is 13.5. The highest BCUT2D eigenvalue weighted by Crippen LogP contribution is 2.31. The Labute approximate surface area is 165 Å². The number of halogens is 1. The standard InChI is InChI=1S/C20H17FN4O4/c21-15-8-4-5-9-16(15)28-12-17(26)22-20-24-23-19(29-20)13-10-18(27)25(11-13)14-6-2-1-3-7-14/h1-9,13H,10-12H2,(H,22,24,26). The Bertz CT molecular complexity index is 1020. The third-order valence-corrected chi connectivity index (χ3v) is 4.42. The minimum atomic E-state index is -0.572. The molecule has 2 aromatic carbocycles. The van der Waals surface area contributed by atoms with E-state index in [9.17, 15) is 14.0 Å². The first kappa shape index (κ1) is 18.6. The number of nitrogens with one attached hydrogen (secondary N) is 1. The van der Waals surface area contributed by atoms with Crippen molar-refractivity contribution in [1.82, 2.24) is 10.2 Å². The first-order valence-corrected chi connectivity index (χ1v) is 8.96. The molecule has 0 spiro atoms. The van der Waals surface area contributed by atoms with Crippen molar-refractivity contribution in [2.75, 3.05) is 23.4 Å². The largest absolute Gasteiger partial charge is 0.481 e. The highest BCUT2D eigenvalue weighted by Gasteiger charge is 2.35. The summed E-state index contributed by atoms with van der Waals surface area (Å²) >= 11 is 0. The number of ether oxygens (including phenoxy) is 1. The zero-order chi connectivity index (χ0) is 20.2. The molecule has 1 atom stereocenters. The molecule has 0 radical (unpaired) electrons. The van der Waals surface area contributed by atoms with Crippen LogP contribution < -0.4 is 15.0 Å². The van der Waals surface area contributed by atoms with Crippen molar-refractivity contribution in [3.63, 3.8) is 0 Å². The average molecular weight is 396 g/mol. The van der Waals surface area contributed by atoms with Crippen molar-refractivity contribution in [3.05, 3.63) is 66.3 Å². The van der Waals surface area contributed by atoms with E-state index < -0.39 is 18.3 Å². The summed E-state index contributed by atoms with van der Waals surface area (Å²) in [7, 11) is 0. The molecule has 9 heteroatoms. The smallest absolute Gasteiger partial charge is 0.322 e. The summed E-state index contributed by atoms with van der Waals surface area (Å²) in [4.78, 5) is 25.9. The number of benzene rings is 2. The normalized spacial score (nSPS) is 16.1. The van der Waals surface area contributed by atoms with E-state index in [1.165, 1.54) is 18.2 Å². The molecule has 1 aliphatic rings. The molecule has 0 aliphatic carbocycles. The van der Waals surface area contributed by atoms with Crippen LogP contribution in [0, 0.1) is 5.82 Å². The Morgan fingerprint density at radius 1 is 1.17 bits per heavy atom. The number of nitrogens with zero attached hydrogens (tertiary/aromatic N) is 3. The van der Waals surface area contributed by atoms with Gasteiger partial charge in [-0.1, -0.05) is 35.4 Å². The van der Waals surface area contributed by atoms with Crippen molar-refractivity contribution < 1.29 is 23.1 Å². The van der Waals surface area contributed by atoms with E-state index in [1.54, 1.807) is 11.0 Å². The molecular formula is C20H17FN4O4. The number of para-hydroxylation sites is 2. The van der Waals surface area contributed by atoms with Crippen molar-refractivity contribution in [2.24, 2.45) is 0 Å². The van der Waals surface area contributed by atoms with Gasteiger partial charge in [0.25, 0.3) is 5.91 Å². The first-order chi connectivity index (χ1) is 14.1. The lowest BCUT2D eigenvalue weighted by molar-refractivity contribution is -0.118. The van der Waals surface area contributed by atoms with Crippen LogP contribution in [0.4, 0.5) is 16.1 Å². The summed E-state index contributed by atoms with van der Waals surface area (Å²) in [6, 6.07) is 15.0. The first-order valence-electron chi connectivity index (χ1n) is 8.96. The number of hydrogen-bond donors (Lipinski definition) is 1. The van der Waals surface area contributed by atoms with Gasteiger partial charge in [-0.25, -0.2) is 4.39 Å². The number of rotatable bonds is 6. The van der Waals surface area contributed by atoms with Gasteiger partial charge in [-0.3, -0.25) is 14.9 Å². The third kappa shape index (κ3) is 4.23. The number of aromatic nitrogens is 2. The summed E-state index contributed by atoms with van der Waals surface area (Å²) in [6.07, 6.45) is 0.237. The van der Waals surface area contributed by atoms with Crippen LogP contribution in [-0.2, 0) is 9.59 Å². The fourth-order valence-corrected chi connectivity index (χ4v) is 3.04. The zero-order valence-corrected chi connectivity index (χ0v) is 15.2. The highest BCUT2D eigenvalue weighted by molar-refractivity contribution is 5.96. The minimum absolute atomic E-state index is 0.0284. The van der Waals surface area contributed by atoms with Gasteiger partial charge < -0.3 is 14.1 Å². The van der Waals surface area contributed by atoms with Crippen LogP contribution in [0.3, 0.4) is 0 Å². The van der Waals surface area contributed by atoms with Gasteiger partial charge in [-0.15, -0.1) is 5.10 Å². The van der Waals surface area contributed by atoms with E-state index >= 15 is 0 Å². The summed E-state index contributed by atoms with van der Waals surface area (Å²) in [5.41, 5.74) is 0.804. The second-order valence-corrected chi connectivity index (χ2v) is 6.45. The van der Waals surface area contributed by atoms with Crippen LogP contribution in [0.15, 0.2) is 59.0 Å². The lowest BCUT2D eigenvalue weighted by Gasteiger charge is -2.15. The molecule has 0 saturated carbocycles. The minimum Gasteiger partial charge on any atom is -0.481 e. The quantitative estimate of drug-likeness (QED) is 0.688. The van der Waals surface area contributed by atoms with E-state index in [0.29, 0.717) is 6.54 Å². The van der Waals surface area contributed by atoms with Gasteiger partial charge in [-0.05, 0) is 24.3 Å². The molecule has 1 aromatic heterocycles. The van der Waals surface area contributed by atoms with Gasteiger partial charge in [0.1, 0.15) is 0 Å². The van der Waals surface area contributed by atoms with Crippen molar-refractivity contribution in [1.29, 1.82) is 0 Å². The van der Waals surface area contributed by atoms with E-state index in [-0.39, 0.29) is 35.9 Å². The molecule has 1 saturated heterocycles. The van der Waals surface area contributed by atoms with Crippen molar-refractivity contribution in [3.8, 4) is 5.75 Å². The molecule has 1 unspecified atom stereocenters. The predicted octanol–water partition coefficient (Wildman–Crippen LogP) is 2.75. The van der Waals surface area contributed by atoms with Gasteiger partial charge in [0.05, 0.1) is 5.92 Å². The summed E-state index contributed by atoms with van der Waals surface area (Å²) in [5.74, 6) is -1.20. The number of carbonyl (C=O) groups excluding carboxylic acids is 2. The SMILES string of the molecule is O=C(COc1ccccc1F)Nc1nnc(C2CC(=O)N(c3ccccc3)C2)o1. The van der Waals surface area contributed by atoms with Gasteiger partial charge in [0.15, 0.2) is 18.2 Å². The van der Waals surface area contributed by atoms with Crippen LogP contribution in [0.5, 0.6) is 5.75 Å². The van der Waals surface area contributed by atoms with Gasteiger partial charge in [-0.2, -0.15) is 0 Å². The summed E-state index contributed by atoms with van der Waals surface area (Å²) in [6.45, 7) is -0.00281. The molecular weight excluding hydrogens is 379 g/mol. The van der Waals surface area contributed by atoms with Gasteiger partial charge >= 0.3 is 6.01 Å². The maximum absolute atomic E-state index is 13.5. The van der Waals surface area contributed by atoms with E-state index in [4.69, 9.17) is 9.15 Å². The van der Waals surface area contributed by atoms with Crippen LogP contribution in [0.2, 0.25) is 0 Å². The number of carbonyl (C=O) groups is 2. The molecule has 4 rings (SSSR count). The van der Waals surface area contributed by atoms with Gasteiger partial charge in [0.2, 0.25) is 11.8 Å². The molecule has 3 aromatic rings. The maximum Gasteiger partial charge on any atom is 0.322 e.